The lowest BCUT2D eigenvalue weighted by Crippen LogP contribution is -2.31. The lowest BCUT2D eigenvalue weighted by Gasteiger charge is -2.16. The molecule has 162 valence electrons. The zero-order valence-electron chi connectivity index (χ0n) is 17.0. The van der Waals surface area contributed by atoms with E-state index in [2.05, 4.69) is 10.3 Å². The van der Waals surface area contributed by atoms with E-state index in [0.717, 1.165) is 0 Å². The third kappa shape index (κ3) is 6.03. The Balaban J connectivity index is 1.54. The minimum absolute atomic E-state index is 0.0162. The molecule has 0 fully saturated rings. The third-order valence-electron chi connectivity index (χ3n) is 4.45. The van der Waals surface area contributed by atoms with E-state index in [-0.39, 0.29) is 18.1 Å². The van der Waals surface area contributed by atoms with E-state index in [0.29, 0.717) is 46.6 Å². The Morgan fingerprint density at radius 3 is 2.87 bits per heavy atom. The van der Waals surface area contributed by atoms with Crippen LogP contribution in [0.15, 0.2) is 53.1 Å². The molecule has 0 unspecified atom stereocenters. The molecule has 1 heterocycles. The molecule has 0 aliphatic rings. The zero-order valence-corrected chi connectivity index (χ0v) is 17.8. The standard InChI is InChI=1S/C21H21ClN4O5/c1-25(13-20(27)24-17-11-15(22)6-7-18(17)30-2)9-8-21-23-12-19(31-21)14-4-3-5-16(10-14)26(28)29/h3-7,10-12H,8-9,13H2,1-2H3,(H,24,27). The van der Waals surface area contributed by atoms with Crippen molar-refractivity contribution in [3.8, 4) is 17.1 Å². The molecule has 1 aromatic heterocycles. The first-order valence-corrected chi connectivity index (χ1v) is 9.75. The summed E-state index contributed by atoms with van der Waals surface area (Å²) < 4.78 is 10.9. The summed E-state index contributed by atoms with van der Waals surface area (Å²) in [6.45, 7) is 0.670. The molecule has 9 nitrogen and oxygen atoms in total. The molecule has 0 aliphatic heterocycles. The number of oxazole rings is 1. The molecule has 0 atom stereocenters. The summed E-state index contributed by atoms with van der Waals surface area (Å²) in [6, 6.07) is 11.2. The number of nitrogens with one attached hydrogen (secondary N) is 1. The molecular formula is C21H21ClN4O5. The van der Waals surface area contributed by atoms with Crippen molar-refractivity contribution in [1.82, 2.24) is 9.88 Å². The monoisotopic (exact) mass is 444 g/mol. The molecule has 0 spiro atoms. The van der Waals surface area contributed by atoms with Crippen molar-refractivity contribution in [2.75, 3.05) is 32.6 Å². The number of nitro groups is 1. The summed E-state index contributed by atoms with van der Waals surface area (Å²) in [6.07, 6.45) is 2.01. The van der Waals surface area contributed by atoms with E-state index >= 15 is 0 Å². The molecule has 0 radical (unpaired) electrons. The van der Waals surface area contributed by atoms with Gasteiger partial charge in [0.25, 0.3) is 5.69 Å². The van der Waals surface area contributed by atoms with Crippen molar-refractivity contribution in [3.05, 3.63) is 69.7 Å². The number of non-ortho nitro benzene ring substituents is 1. The number of aromatic nitrogens is 1. The van der Waals surface area contributed by atoms with Gasteiger partial charge in [-0.05, 0) is 25.2 Å². The topological polar surface area (TPSA) is 111 Å². The number of benzene rings is 2. The molecule has 1 amide bonds. The highest BCUT2D eigenvalue weighted by molar-refractivity contribution is 6.31. The Labute approximate surface area is 183 Å². The number of amides is 1. The highest BCUT2D eigenvalue weighted by atomic mass is 35.5. The predicted molar refractivity (Wildman–Crippen MR) is 116 cm³/mol. The molecule has 0 bridgehead atoms. The smallest absolute Gasteiger partial charge is 0.270 e. The highest BCUT2D eigenvalue weighted by Crippen LogP contribution is 2.27. The number of likely N-dealkylation sites (N-methyl/N-ethyl adjacent to an activating group) is 1. The summed E-state index contributed by atoms with van der Waals surface area (Å²) in [5.74, 6) is 1.24. The second-order valence-electron chi connectivity index (χ2n) is 6.81. The summed E-state index contributed by atoms with van der Waals surface area (Å²) in [5.41, 5.74) is 1.07. The number of hydrogen-bond donors (Lipinski definition) is 1. The molecule has 3 aromatic rings. The maximum atomic E-state index is 12.3. The Bertz CT molecular complexity index is 1090. The maximum Gasteiger partial charge on any atom is 0.270 e. The van der Waals surface area contributed by atoms with Gasteiger partial charge in [-0.2, -0.15) is 0 Å². The number of nitrogens with zero attached hydrogens (tertiary/aromatic N) is 3. The van der Waals surface area contributed by atoms with E-state index in [1.165, 1.54) is 25.4 Å². The van der Waals surface area contributed by atoms with Gasteiger partial charge in [0.05, 0.1) is 30.5 Å². The molecule has 10 heteroatoms. The van der Waals surface area contributed by atoms with Crippen molar-refractivity contribution in [3.63, 3.8) is 0 Å². The van der Waals surface area contributed by atoms with Crippen molar-refractivity contribution < 1.29 is 18.9 Å². The summed E-state index contributed by atoms with van der Waals surface area (Å²) in [4.78, 5) is 28.9. The number of hydrogen-bond acceptors (Lipinski definition) is 7. The van der Waals surface area contributed by atoms with Crippen LogP contribution in [-0.4, -0.2) is 48.0 Å². The average Bonchev–Trinajstić information content (AvgIpc) is 3.21. The van der Waals surface area contributed by atoms with Crippen LogP contribution < -0.4 is 10.1 Å². The molecule has 1 N–H and O–H groups in total. The van der Waals surface area contributed by atoms with Crippen molar-refractivity contribution in [2.24, 2.45) is 0 Å². The Morgan fingerprint density at radius 1 is 1.32 bits per heavy atom. The first kappa shape index (κ1) is 22.3. The van der Waals surface area contributed by atoms with Gasteiger partial charge in [-0.1, -0.05) is 23.7 Å². The largest absolute Gasteiger partial charge is 0.495 e. The second kappa shape index (κ2) is 10.1. The minimum Gasteiger partial charge on any atom is -0.495 e. The lowest BCUT2D eigenvalue weighted by atomic mass is 10.2. The van der Waals surface area contributed by atoms with Crippen LogP contribution in [0.25, 0.3) is 11.3 Å². The summed E-state index contributed by atoms with van der Waals surface area (Å²) in [7, 11) is 3.32. The van der Waals surface area contributed by atoms with Gasteiger partial charge in [-0.25, -0.2) is 4.98 Å². The molecule has 0 saturated heterocycles. The molecular weight excluding hydrogens is 424 g/mol. The number of carbonyl (C=O) groups excluding carboxylic acids is 1. The fourth-order valence-corrected chi connectivity index (χ4v) is 3.08. The molecule has 2 aromatic carbocycles. The van der Waals surface area contributed by atoms with Gasteiger partial charge in [0.15, 0.2) is 11.7 Å². The summed E-state index contributed by atoms with van der Waals surface area (Å²) >= 11 is 5.98. The minimum atomic E-state index is -0.459. The number of rotatable bonds is 9. The maximum absolute atomic E-state index is 12.3. The quantitative estimate of drug-likeness (QED) is 0.392. The van der Waals surface area contributed by atoms with Gasteiger partial charge in [0.1, 0.15) is 5.75 Å². The van der Waals surface area contributed by atoms with Gasteiger partial charge >= 0.3 is 0 Å². The molecule has 3 rings (SSSR count). The second-order valence-corrected chi connectivity index (χ2v) is 7.24. The molecule has 0 aliphatic carbocycles. The van der Waals surface area contributed by atoms with Gasteiger partial charge in [0, 0.05) is 35.7 Å². The van der Waals surface area contributed by atoms with E-state index in [1.54, 1.807) is 37.4 Å². The van der Waals surface area contributed by atoms with Gasteiger partial charge in [0.2, 0.25) is 5.91 Å². The first-order chi connectivity index (χ1) is 14.9. The van der Waals surface area contributed by atoms with Gasteiger partial charge in [-0.3, -0.25) is 19.8 Å². The van der Waals surface area contributed by atoms with E-state index in [4.69, 9.17) is 20.8 Å². The number of nitro benzene ring substituents is 1. The highest BCUT2D eigenvalue weighted by Gasteiger charge is 2.14. The average molecular weight is 445 g/mol. The number of methoxy groups -OCH3 is 1. The SMILES string of the molecule is COc1ccc(Cl)cc1NC(=O)CN(C)CCc1ncc(-c2cccc([N+](=O)[O-])c2)o1. The predicted octanol–water partition coefficient (Wildman–Crippen LogP) is 4.02. The van der Waals surface area contributed by atoms with Crippen molar-refractivity contribution in [1.29, 1.82) is 0 Å². The van der Waals surface area contributed by atoms with E-state index < -0.39 is 4.92 Å². The van der Waals surface area contributed by atoms with Crippen LogP contribution in [0.1, 0.15) is 5.89 Å². The first-order valence-electron chi connectivity index (χ1n) is 9.37. The number of halogens is 1. The third-order valence-corrected chi connectivity index (χ3v) is 4.69. The normalized spacial score (nSPS) is 10.8. The van der Waals surface area contributed by atoms with Crippen molar-refractivity contribution in [2.45, 2.75) is 6.42 Å². The van der Waals surface area contributed by atoms with Crippen LogP contribution in [-0.2, 0) is 11.2 Å². The number of ether oxygens (including phenoxy) is 1. The summed E-state index contributed by atoms with van der Waals surface area (Å²) in [5, 5.41) is 14.2. The Kier molecular flexibility index (Phi) is 7.22. The fourth-order valence-electron chi connectivity index (χ4n) is 2.91. The molecule has 31 heavy (non-hydrogen) atoms. The van der Waals surface area contributed by atoms with E-state index in [9.17, 15) is 14.9 Å². The van der Waals surface area contributed by atoms with Crippen LogP contribution >= 0.6 is 11.6 Å². The number of anilines is 1. The fraction of sp³-hybridized carbons (Fsp3) is 0.238. The number of carbonyl (C=O) groups is 1. The Morgan fingerprint density at radius 2 is 2.13 bits per heavy atom. The van der Waals surface area contributed by atoms with Gasteiger partial charge < -0.3 is 14.5 Å². The van der Waals surface area contributed by atoms with Crippen molar-refractivity contribution >= 4 is 28.9 Å². The lowest BCUT2D eigenvalue weighted by molar-refractivity contribution is -0.384. The van der Waals surface area contributed by atoms with Crippen LogP contribution in [0.5, 0.6) is 5.75 Å². The van der Waals surface area contributed by atoms with E-state index in [1.807, 2.05) is 4.90 Å². The molecule has 0 saturated carbocycles. The van der Waals surface area contributed by atoms with Crippen LogP contribution in [0.3, 0.4) is 0 Å². The van der Waals surface area contributed by atoms with Gasteiger partial charge in [-0.15, -0.1) is 0 Å². The zero-order chi connectivity index (χ0) is 22.4. The Hall–Kier alpha value is -3.43. The van der Waals surface area contributed by atoms with Crippen LogP contribution in [0, 0.1) is 10.1 Å². The van der Waals surface area contributed by atoms with Crippen LogP contribution in [0.4, 0.5) is 11.4 Å². The van der Waals surface area contributed by atoms with Crippen LogP contribution in [0.2, 0.25) is 5.02 Å².